The summed E-state index contributed by atoms with van der Waals surface area (Å²) in [6.07, 6.45) is 0. The first-order valence-electron chi connectivity index (χ1n) is 5.26. The molecule has 17 heavy (non-hydrogen) atoms. The minimum atomic E-state index is 0. The number of aryl methyl sites for hydroxylation is 2. The number of hydrogen-bond acceptors (Lipinski definition) is 3. The molecule has 2 rings (SSSR count). The lowest BCUT2D eigenvalue weighted by atomic mass is 10.2. The molecule has 0 aliphatic rings. The van der Waals surface area contributed by atoms with Gasteiger partial charge < -0.3 is 33.1 Å². The smallest absolute Gasteiger partial charge is 0.371 e. The average molecular weight is 346 g/mol. The van der Waals surface area contributed by atoms with Crippen molar-refractivity contribution in [2.24, 2.45) is 0 Å². The van der Waals surface area contributed by atoms with Crippen LogP contribution >= 0.6 is 0 Å². The van der Waals surface area contributed by atoms with Gasteiger partial charge in [0.2, 0.25) is 0 Å². The molecule has 1 aromatic carbocycles. The van der Waals surface area contributed by atoms with Gasteiger partial charge in [0, 0.05) is 10.7 Å². The lowest BCUT2D eigenvalue weighted by Crippen LogP contribution is -3.00. The molecule has 0 saturated heterocycles. The summed E-state index contributed by atoms with van der Waals surface area (Å²) < 4.78 is 12.5. The Hall–Kier alpha value is -1.11. The van der Waals surface area contributed by atoms with E-state index in [0.29, 0.717) is 5.89 Å². The Labute approximate surface area is 118 Å². The Bertz CT molecular complexity index is 480. The van der Waals surface area contributed by atoms with Crippen LogP contribution in [0.1, 0.15) is 12.8 Å². The molecule has 0 aliphatic heterocycles. The molecule has 0 bridgehead atoms. The Morgan fingerprint density at radius 3 is 2.41 bits per heavy atom. The lowest BCUT2D eigenvalue weighted by molar-refractivity contribution is -0.756. The van der Waals surface area contributed by atoms with Crippen molar-refractivity contribution in [1.29, 1.82) is 0 Å². The number of methoxy groups -OCH3 is 1. The number of benzene rings is 1. The number of halogens is 1. The standard InChI is InChI=1S/C12H15N2O2.HI/c1-4-14-9(2)16-12(13-14)10-5-7-11(15-3)8-6-10;/h5-8H,4H2,1-3H3;1H/q+1;/p-1. The fourth-order valence-corrected chi connectivity index (χ4v) is 1.54. The minimum absolute atomic E-state index is 0. The summed E-state index contributed by atoms with van der Waals surface area (Å²) in [6.45, 7) is 4.75. The van der Waals surface area contributed by atoms with Gasteiger partial charge in [-0.05, 0) is 31.2 Å². The van der Waals surface area contributed by atoms with Crippen LogP contribution in [-0.2, 0) is 6.54 Å². The molecule has 92 valence electrons. The van der Waals surface area contributed by atoms with Gasteiger partial charge in [-0.3, -0.25) is 0 Å². The highest BCUT2D eigenvalue weighted by molar-refractivity contribution is 5.53. The normalized spacial score (nSPS) is 9.82. The van der Waals surface area contributed by atoms with E-state index in [1.165, 1.54) is 0 Å². The van der Waals surface area contributed by atoms with Gasteiger partial charge in [0.1, 0.15) is 5.75 Å². The number of aromatic nitrogens is 2. The molecule has 0 unspecified atom stereocenters. The first-order chi connectivity index (χ1) is 7.74. The summed E-state index contributed by atoms with van der Waals surface area (Å²) in [5.41, 5.74) is 0.955. The van der Waals surface area contributed by atoms with Crippen LogP contribution in [-0.4, -0.2) is 12.2 Å². The predicted octanol–water partition coefficient (Wildman–Crippen LogP) is -1.03. The molecule has 0 amide bonds. The summed E-state index contributed by atoms with van der Waals surface area (Å²) >= 11 is 0. The Morgan fingerprint density at radius 1 is 1.29 bits per heavy atom. The Morgan fingerprint density at radius 2 is 1.94 bits per heavy atom. The monoisotopic (exact) mass is 346 g/mol. The van der Waals surface area contributed by atoms with Crippen molar-refractivity contribution in [2.45, 2.75) is 20.4 Å². The zero-order chi connectivity index (χ0) is 11.5. The van der Waals surface area contributed by atoms with Gasteiger partial charge in [0.05, 0.1) is 14.0 Å². The molecular weight excluding hydrogens is 331 g/mol. The van der Waals surface area contributed by atoms with Gasteiger partial charge >= 0.3 is 5.89 Å². The highest BCUT2D eigenvalue weighted by atomic mass is 127. The molecule has 0 N–H and O–H groups in total. The topological polar surface area (TPSA) is 39.1 Å². The summed E-state index contributed by atoms with van der Waals surface area (Å²) in [4.78, 5) is 0. The quantitative estimate of drug-likeness (QED) is 0.527. The molecule has 5 heteroatoms. The fraction of sp³-hybridized carbons (Fsp3) is 0.333. The highest BCUT2D eigenvalue weighted by Crippen LogP contribution is 2.20. The minimum Gasteiger partial charge on any atom is -1.00 e. The van der Waals surface area contributed by atoms with E-state index in [1.54, 1.807) is 7.11 Å². The van der Waals surface area contributed by atoms with E-state index in [4.69, 9.17) is 9.15 Å². The van der Waals surface area contributed by atoms with Gasteiger partial charge in [-0.2, -0.15) is 0 Å². The molecule has 0 saturated carbocycles. The SMILES string of the molecule is CC[n+]1nc(-c2ccc(OC)cc2)oc1C.[I-]. The van der Waals surface area contributed by atoms with E-state index in [9.17, 15) is 0 Å². The predicted molar refractivity (Wildman–Crippen MR) is 59.1 cm³/mol. The summed E-state index contributed by atoms with van der Waals surface area (Å²) in [5.74, 6) is 2.28. The van der Waals surface area contributed by atoms with Gasteiger partial charge in [-0.1, -0.05) is 4.68 Å². The third kappa shape index (κ3) is 2.96. The van der Waals surface area contributed by atoms with Crippen LogP contribution in [0.5, 0.6) is 5.75 Å². The molecule has 0 atom stereocenters. The van der Waals surface area contributed by atoms with E-state index in [-0.39, 0.29) is 24.0 Å². The van der Waals surface area contributed by atoms with Crippen LogP contribution in [0.3, 0.4) is 0 Å². The van der Waals surface area contributed by atoms with Crippen LogP contribution < -0.4 is 33.4 Å². The molecule has 0 fully saturated rings. The van der Waals surface area contributed by atoms with Crippen molar-refractivity contribution >= 4 is 0 Å². The molecule has 1 heterocycles. The molecule has 0 aliphatic carbocycles. The third-order valence-corrected chi connectivity index (χ3v) is 2.46. The van der Waals surface area contributed by atoms with Crippen molar-refractivity contribution in [1.82, 2.24) is 5.10 Å². The Balaban J connectivity index is 0.00000144. The second-order valence-electron chi connectivity index (χ2n) is 3.47. The second-order valence-corrected chi connectivity index (χ2v) is 3.47. The summed E-state index contributed by atoms with van der Waals surface area (Å²) in [7, 11) is 1.65. The van der Waals surface area contributed by atoms with E-state index in [2.05, 4.69) is 5.10 Å². The average Bonchev–Trinajstić information content (AvgIpc) is 2.71. The van der Waals surface area contributed by atoms with Crippen molar-refractivity contribution in [3.8, 4) is 17.2 Å². The zero-order valence-corrected chi connectivity index (χ0v) is 12.3. The summed E-state index contributed by atoms with van der Waals surface area (Å²) in [6, 6.07) is 7.66. The first-order valence-corrected chi connectivity index (χ1v) is 5.26. The highest BCUT2D eigenvalue weighted by Gasteiger charge is 2.16. The zero-order valence-electron chi connectivity index (χ0n) is 10.1. The molecule has 1 aromatic heterocycles. The van der Waals surface area contributed by atoms with Crippen molar-refractivity contribution in [3.05, 3.63) is 30.2 Å². The van der Waals surface area contributed by atoms with Crippen LogP contribution in [0.2, 0.25) is 0 Å². The molecular formula is C12H15IN2O2. The maximum Gasteiger partial charge on any atom is 0.371 e. The maximum absolute atomic E-state index is 5.58. The van der Waals surface area contributed by atoms with E-state index in [1.807, 2.05) is 42.8 Å². The van der Waals surface area contributed by atoms with Gasteiger partial charge in [0.15, 0.2) is 6.54 Å². The van der Waals surface area contributed by atoms with Crippen LogP contribution in [0, 0.1) is 6.92 Å². The second kappa shape index (κ2) is 6.00. The van der Waals surface area contributed by atoms with Crippen molar-refractivity contribution < 1.29 is 37.8 Å². The molecule has 0 spiro atoms. The van der Waals surface area contributed by atoms with E-state index < -0.39 is 0 Å². The van der Waals surface area contributed by atoms with E-state index >= 15 is 0 Å². The lowest BCUT2D eigenvalue weighted by Gasteiger charge is -1.98. The number of nitrogens with zero attached hydrogens (tertiary/aromatic N) is 2. The number of hydrogen-bond donors (Lipinski definition) is 0. The molecule has 0 radical (unpaired) electrons. The van der Waals surface area contributed by atoms with E-state index in [0.717, 1.165) is 23.7 Å². The van der Waals surface area contributed by atoms with Gasteiger partial charge in [-0.25, -0.2) is 0 Å². The summed E-state index contributed by atoms with van der Waals surface area (Å²) in [5, 5.41) is 4.36. The van der Waals surface area contributed by atoms with Gasteiger partial charge in [0.25, 0.3) is 5.89 Å². The number of ether oxygens (including phenoxy) is 1. The maximum atomic E-state index is 5.58. The molecule has 4 nitrogen and oxygen atoms in total. The van der Waals surface area contributed by atoms with Crippen LogP contribution in [0.25, 0.3) is 11.5 Å². The fourth-order valence-electron chi connectivity index (χ4n) is 1.54. The van der Waals surface area contributed by atoms with Crippen LogP contribution in [0.15, 0.2) is 28.7 Å². The van der Waals surface area contributed by atoms with Crippen molar-refractivity contribution in [3.63, 3.8) is 0 Å². The van der Waals surface area contributed by atoms with Crippen molar-refractivity contribution in [2.75, 3.05) is 7.11 Å². The third-order valence-electron chi connectivity index (χ3n) is 2.46. The largest absolute Gasteiger partial charge is 1.00 e. The van der Waals surface area contributed by atoms with Crippen LogP contribution in [0.4, 0.5) is 0 Å². The van der Waals surface area contributed by atoms with Gasteiger partial charge in [-0.15, -0.1) is 0 Å². The Kier molecular flexibility index (Phi) is 4.92. The molecule has 2 aromatic rings. The first kappa shape index (κ1) is 14.0. The number of rotatable bonds is 3.